The number of hydrogen-bond donors (Lipinski definition) is 1. The third-order valence-corrected chi connectivity index (χ3v) is 6.59. The van der Waals surface area contributed by atoms with E-state index in [1.54, 1.807) is 6.07 Å². The number of piperidine rings is 1. The molecule has 0 atom stereocenters. The highest BCUT2D eigenvalue weighted by Gasteiger charge is 2.18. The Kier molecular flexibility index (Phi) is 6.40. The molecule has 180 valence electrons. The van der Waals surface area contributed by atoms with Crippen molar-refractivity contribution >= 4 is 34.1 Å². The standard InChI is InChI=1S/C26H27ClN6O2/c1-16-5-4-6-22(27)24(16)33-25(34)21-15-28-26(30-23(21)17(2)31-33)29-18-7-9-19(10-8-18)35-20-11-13-32(3)14-12-20/h4-10,15,20H,11-14H2,1-3H3,(H,28,29,30). The van der Waals surface area contributed by atoms with E-state index >= 15 is 0 Å². The maximum Gasteiger partial charge on any atom is 0.282 e. The average Bonchev–Trinajstić information content (AvgIpc) is 2.85. The monoisotopic (exact) mass is 490 g/mol. The zero-order valence-corrected chi connectivity index (χ0v) is 20.7. The van der Waals surface area contributed by atoms with Gasteiger partial charge in [0.15, 0.2) is 0 Å². The molecule has 0 aliphatic carbocycles. The first kappa shape index (κ1) is 23.3. The molecule has 9 heteroatoms. The minimum Gasteiger partial charge on any atom is -0.490 e. The number of hydrogen-bond acceptors (Lipinski definition) is 7. The van der Waals surface area contributed by atoms with Crippen molar-refractivity contribution < 1.29 is 4.74 Å². The quantitative estimate of drug-likeness (QED) is 0.435. The Balaban J connectivity index is 1.37. The van der Waals surface area contributed by atoms with Crippen LogP contribution in [0.3, 0.4) is 0 Å². The van der Waals surface area contributed by atoms with Crippen LogP contribution in [0.1, 0.15) is 24.1 Å². The molecule has 5 rings (SSSR count). The number of anilines is 2. The summed E-state index contributed by atoms with van der Waals surface area (Å²) in [7, 11) is 2.14. The van der Waals surface area contributed by atoms with Crippen LogP contribution in [0, 0.1) is 13.8 Å². The van der Waals surface area contributed by atoms with E-state index in [2.05, 4.69) is 32.3 Å². The maximum absolute atomic E-state index is 13.2. The van der Waals surface area contributed by atoms with E-state index in [0.717, 1.165) is 42.9 Å². The number of rotatable bonds is 5. The van der Waals surface area contributed by atoms with Crippen LogP contribution < -0.4 is 15.6 Å². The van der Waals surface area contributed by atoms with Crippen molar-refractivity contribution in [1.82, 2.24) is 24.6 Å². The summed E-state index contributed by atoms with van der Waals surface area (Å²) in [4.78, 5) is 24.5. The van der Waals surface area contributed by atoms with Crippen LogP contribution >= 0.6 is 11.6 Å². The van der Waals surface area contributed by atoms with Crippen LogP contribution in [0.2, 0.25) is 5.02 Å². The Labute approximate surface area is 208 Å². The van der Waals surface area contributed by atoms with E-state index in [9.17, 15) is 4.79 Å². The topological polar surface area (TPSA) is 85.2 Å². The molecule has 1 aliphatic heterocycles. The highest BCUT2D eigenvalue weighted by molar-refractivity contribution is 6.32. The molecule has 3 heterocycles. The second-order valence-corrected chi connectivity index (χ2v) is 9.34. The number of ether oxygens (including phenoxy) is 1. The molecule has 1 aliphatic rings. The Hall–Kier alpha value is -3.49. The summed E-state index contributed by atoms with van der Waals surface area (Å²) >= 11 is 6.37. The van der Waals surface area contributed by atoms with Crippen molar-refractivity contribution in [3.05, 3.63) is 75.3 Å². The molecule has 1 fully saturated rings. The van der Waals surface area contributed by atoms with Gasteiger partial charge in [-0.3, -0.25) is 4.79 Å². The van der Waals surface area contributed by atoms with Gasteiger partial charge in [0.1, 0.15) is 17.4 Å². The van der Waals surface area contributed by atoms with Crippen LogP contribution in [0.5, 0.6) is 5.75 Å². The number of nitrogens with one attached hydrogen (secondary N) is 1. The fourth-order valence-corrected chi connectivity index (χ4v) is 4.62. The predicted octanol–water partition coefficient (Wildman–Crippen LogP) is 4.66. The van der Waals surface area contributed by atoms with Crippen molar-refractivity contribution in [3.63, 3.8) is 0 Å². The fourth-order valence-electron chi connectivity index (χ4n) is 4.32. The Morgan fingerprint density at radius 1 is 1.09 bits per heavy atom. The van der Waals surface area contributed by atoms with E-state index < -0.39 is 0 Å². The molecule has 8 nitrogen and oxygen atoms in total. The first-order chi connectivity index (χ1) is 16.9. The van der Waals surface area contributed by atoms with Gasteiger partial charge < -0.3 is 15.0 Å². The van der Waals surface area contributed by atoms with Crippen LogP contribution in [0.15, 0.2) is 53.5 Å². The third-order valence-electron chi connectivity index (χ3n) is 6.28. The molecule has 2 aromatic heterocycles. The molecular weight excluding hydrogens is 464 g/mol. The lowest BCUT2D eigenvalue weighted by atomic mass is 10.1. The van der Waals surface area contributed by atoms with Gasteiger partial charge in [-0.15, -0.1) is 0 Å². The summed E-state index contributed by atoms with van der Waals surface area (Å²) in [6, 6.07) is 13.2. The summed E-state index contributed by atoms with van der Waals surface area (Å²) in [6.07, 6.45) is 3.85. The average molecular weight is 491 g/mol. The summed E-state index contributed by atoms with van der Waals surface area (Å²) in [5.74, 6) is 1.23. The molecule has 0 spiro atoms. The summed E-state index contributed by atoms with van der Waals surface area (Å²) in [6.45, 7) is 5.82. The van der Waals surface area contributed by atoms with E-state index in [0.29, 0.717) is 33.3 Å². The number of aryl methyl sites for hydroxylation is 2. The highest BCUT2D eigenvalue weighted by atomic mass is 35.5. The molecule has 2 aromatic carbocycles. The summed E-state index contributed by atoms with van der Waals surface area (Å²) < 4.78 is 7.45. The van der Waals surface area contributed by atoms with Gasteiger partial charge in [0.25, 0.3) is 5.56 Å². The lowest BCUT2D eigenvalue weighted by Crippen LogP contribution is -2.35. The second kappa shape index (κ2) is 9.64. The van der Waals surface area contributed by atoms with Gasteiger partial charge in [-0.1, -0.05) is 23.7 Å². The minimum atomic E-state index is -0.316. The van der Waals surface area contributed by atoms with Gasteiger partial charge in [-0.25, -0.2) is 9.97 Å². The van der Waals surface area contributed by atoms with E-state index in [4.69, 9.17) is 16.3 Å². The molecule has 0 amide bonds. The molecule has 0 saturated carbocycles. The van der Waals surface area contributed by atoms with Gasteiger partial charge >= 0.3 is 0 Å². The van der Waals surface area contributed by atoms with Crippen molar-refractivity contribution in [2.45, 2.75) is 32.8 Å². The van der Waals surface area contributed by atoms with Gasteiger partial charge in [0, 0.05) is 25.0 Å². The number of nitrogens with zero attached hydrogens (tertiary/aromatic N) is 5. The number of fused-ring (bicyclic) bond motifs is 1. The van der Waals surface area contributed by atoms with E-state index in [1.807, 2.05) is 50.2 Å². The summed E-state index contributed by atoms with van der Waals surface area (Å²) in [5.41, 5.74) is 3.03. The summed E-state index contributed by atoms with van der Waals surface area (Å²) in [5, 5.41) is 8.53. The van der Waals surface area contributed by atoms with E-state index in [1.165, 1.54) is 10.9 Å². The Morgan fingerprint density at radius 3 is 2.54 bits per heavy atom. The first-order valence-corrected chi connectivity index (χ1v) is 12.0. The number of aromatic nitrogens is 4. The first-order valence-electron chi connectivity index (χ1n) is 11.6. The number of likely N-dealkylation sites (tertiary alicyclic amines) is 1. The number of para-hydroxylation sites is 1. The largest absolute Gasteiger partial charge is 0.490 e. The van der Waals surface area contributed by atoms with Crippen LogP contribution in [-0.2, 0) is 0 Å². The molecular formula is C26H27ClN6O2. The fraction of sp³-hybridized carbons (Fsp3) is 0.308. The minimum absolute atomic E-state index is 0.253. The third kappa shape index (κ3) is 4.85. The molecule has 0 bridgehead atoms. The molecule has 1 N–H and O–H groups in total. The molecule has 0 radical (unpaired) electrons. The SMILES string of the molecule is Cc1cccc(Cl)c1-n1nc(C)c2nc(Nc3ccc(OC4CCN(C)CC4)cc3)ncc2c1=O. The van der Waals surface area contributed by atoms with Crippen LogP contribution in [-0.4, -0.2) is 50.9 Å². The maximum atomic E-state index is 13.2. The smallest absolute Gasteiger partial charge is 0.282 e. The second-order valence-electron chi connectivity index (χ2n) is 8.93. The Morgan fingerprint density at radius 2 is 1.83 bits per heavy atom. The van der Waals surface area contributed by atoms with Crippen molar-refractivity contribution in [1.29, 1.82) is 0 Å². The normalized spacial score (nSPS) is 14.9. The lowest BCUT2D eigenvalue weighted by Gasteiger charge is -2.29. The van der Waals surface area contributed by atoms with Crippen molar-refractivity contribution in [2.24, 2.45) is 0 Å². The van der Waals surface area contributed by atoms with Crippen LogP contribution in [0.25, 0.3) is 16.6 Å². The van der Waals surface area contributed by atoms with Crippen molar-refractivity contribution in [2.75, 3.05) is 25.5 Å². The van der Waals surface area contributed by atoms with Gasteiger partial charge in [0.2, 0.25) is 5.95 Å². The predicted molar refractivity (Wildman–Crippen MR) is 138 cm³/mol. The van der Waals surface area contributed by atoms with Crippen molar-refractivity contribution in [3.8, 4) is 11.4 Å². The number of halogens is 1. The number of benzene rings is 2. The molecule has 1 saturated heterocycles. The zero-order valence-electron chi connectivity index (χ0n) is 20.0. The molecule has 4 aromatic rings. The van der Waals surface area contributed by atoms with Crippen LogP contribution in [0.4, 0.5) is 11.6 Å². The Bertz CT molecular complexity index is 1410. The van der Waals surface area contributed by atoms with Gasteiger partial charge in [0.05, 0.1) is 21.8 Å². The lowest BCUT2D eigenvalue weighted by molar-refractivity contribution is 0.114. The molecule has 35 heavy (non-hydrogen) atoms. The zero-order chi connectivity index (χ0) is 24.5. The highest BCUT2D eigenvalue weighted by Crippen LogP contribution is 2.25. The van der Waals surface area contributed by atoms with Gasteiger partial charge in [-0.2, -0.15) is 9.78 Å². The molecule has 0 unspecified atom stereocenters. The van der Waals surface area contributed by atoms with Gasteiger partial charge in [-0.05, 0) is 69.6 Å². The van der Waals surface area contributed by atoms with E-state index in [-0.39, 0.29) is 11.7 Å².